The largest absolute Gasteiger partial charge is 0.397 e. The number of benzene rings is 1. The summed E-state index contributed by atoms with van der Waals surface area (Å²) in [5, 5.41) is 11.0. The van der Waals surface area contributed by atoms with Gasteiger partial charge in [-0.25, -0.2) is 4.98 Å². The number of aromatic amines is 1. The summed E-state index contributed by atoms with van der Waals surface area (Å²) in [6, 6.07) is 8.14. The number of para-hydroxylation sites is 2. The molecule has 0 unspecified atom stereocenters. The van der Waals surface area contributed by atoms with E-state index in [1.807, 2.05) is 24.3 Å². The summed E-state index contributed by atoms with van der Waals surface area (Å²) in [5.41, 5.74) is 7.90. The topological polar surface area (TPSA) is 111 Å². The maximum absolute atomic E-state index is 12.5. The molecule has 1 saturated heterocycles. The Morgan fingerprint density at radius 1 is 1.22 bits per heavy atom. The number of aromatic nitrogens is 2. The molecule has 1 aromatic heterocycles. The fourth-order valence-electron chi connectivity index (χ4n) is 4.00. The number of nitrogens with zero attached hydrogens (tertiary/aromatic N) is 2. The summed E-state index contributed by atoms with van der Waals surface area (Å²) in [4.78, 5) is 22.2. The summed E-state index contributed by atoms with van der Waals surface area (Å²) in [6.07, 6.45) is 6.94. The molecule has 2 aliphatic rings. The molecule has 0 bridgehead atoms. The molecule has 2 heterocycles. The van der Waals surface area contributed by atoms with Gasteiger partial charge in [-0.15, -0.1) is 0 Å². The number of hydrogen-bond donors (Lipinski definition) is 4. The third-order valence-electron chi connectivity index (χ3n) is 5.61. The van der Waals surface area contributed by atoms with Crippen LogP contribution in [0.4, 0.5) is 17.2 Å². The first-order chi connectivity index (χ1) is 13.2. The van der Waals surface area contributed by atoms with Gasteiger partial charge in [0.25, 0.3) is 5.56 Å². The first-order valence-corrected chi connectivity index (χ1v) is 9.66. The number of nitrogen functional groups attached to an aromatic ring is 1. The summed E-state index contributed by atoms with van der Waals surface area (Å²) in [7, 11) is 0. The van der Waals surface area contributed by atoms with Crippen molar-refractivity contribution in [3.05, 3.63) is 46.0 Å². The van der Waals surface area contributed by atoms with Crippen LogP contribution in [0, 0.1) is 5.41 Å². The lowest BCUT2D eigenvalue weighted by Gasteiger charge is -2.41. The molecule has 7 heteroatoms. The Kier molecular flexibility index (Phi) is 4.83. The standard InChI is InChI=1S/C20H26N6O/c21-10-15-19(23-14-6-2-1-3-7-14)24-18(25-20(15)27)13-11-26(12-13)17-9-5-4-8-16(17)22/h4-5,8-10,13-14,21H,1-3,6-7,11-12,22H2,(H2,23,24,25,27). The van der Waals surface area contributed by atoms with Crippen molar-refractivity contribution in [2.24, 2.45) is 0 Å². The van der Waals surface area contributed by atoms with E-state index in [1.165, 1.54) is 19.3 Å². The molecular weight excluding hydrogens is 340 g/mol. The van der Waals surface area contributed by atoms with Gasteiger partial charge in [-0.2, -0.15) is 0 Å². The second-order valence-electron chi connectivity index (χ2n) is 7.50. The molecular formula is C20H26N6O. The average molecular weight is 366 g/mol. The number of hydrogen-bond acceptors (Lipinski definition) is 6. The van der Waals surface area contributed by atoms with Gasteiger partial charge >= 0.3 is 0 Å². The molecule has 1 saturated carbocycles. The molecule has 0 spiro atoms. The lowest BCUT2D eigenvalue weighted by Crippen LogP contribution is -2.46. The smallest absolute Gasteiger partial charge is 0.261 e. The first kappa shape index (κ1) is 17.6. The van der Waals surface area contributed by atoms with Crippen molar-refractivity contribution in [2.45, 2.75) is 44.1 Å². The highest BCUT2D eigenvalue weighted by molar-refractivity contribution is 5.83. The van der Waals surface area contributed by atoms with Crippen molar-refractivity contribution in [2.75, 3.05) is 29.0 Å². The number of rotatable bonds is 5. The predicted molar refractivity (Wildman–Crippen MR) is 109 cm³/mol. The quantitative estimate of drug-likeness (QED) is 0.480. The first-order valence-electron chi connectivity index (χ1n) is 9.66. The molecule has 1 aliphatic carbocycles. The third kappa shape index (κ3) is 3.54. The van der Waals surface area contributed by atoms with Crippen LogP contribution < -0.4 is 21.5 Å². The van der Waals surface area contributed by atoms with Crippen molar-refractivity contribution in [3.8, 4) is 0 Å². The highest BCUT2D eigenvalue weighted by Gasteiger charge is 2.32. The van der Waals surface area contributed by atoms with Crippen LogP contribution in [0.2, 0.25) is 0 Å². The molecule has 142 valence electrons. The molecule has 5 N–H and O–H groups in total. The van der Waals surface area contributed by atoms with Crippen LogP contribution in [-0.4, -0.2) is 35.3 Å². The summed E-state index contributed by atoms with van der Waals surface area (Å²) >= 11 is 0. The minimum atomic E-state index is -0.244. The van der Waals surface area contributed by atoms with Gasteiger partial charge in [-0.1, -0.05) is 31.4 Å². The van der Waals surface area contributed by atoms with Crippen LogP contribution in [0.15, 0.2) is 29.1 Å². The number of anilines is 3. The number of H-pyrrole nitrogens is 1. The normalized spacial score (nSPS) is 18.1. The Bertz CT molecular complexity index is 880. The minimum Gasteiger partial charge on any atom is -0.397 e. The summed E-state index contributed by atoms with van der Waals surface area (Å²) < 4.78 is 0. The van der Waals surface area contributed by atoms with Crippen molar-refractivity contribution in [3.63, 3.8) is 0 Å². The molecule has 1 aliphatic heterocycles. The summed E-state index contributed by atoms with van der Waals surface area (Å²) in [6.45, 7) is 1.54. The van der Waals surface area contributed by atoms with Gasteiger partial charge in [0.15, 0.2) is 0 Å². The summed E-state index contributed by atoms with van der Waals surface area (Å²) in [5.74, 6) is 1.40. The molecule has 2 aromatic rings. The van der Waals surface area contributed by atoms with E-state index in [9.17, 15) is 4.79 Å². The zero-order valence-corrected chi connectivity index (χ0v) is 15.4. The van der Waals surface area contributed by atoms with Crippen LogP contribution in [-0.2, 0) is 0 Å². The van der Waals surface area contributed by atoms with Crippen molar-refractivity contribution >= 4 is 23.4 Å². The zero-order valence-electron chi connectivity index (χ0n) is 15.4. The van der Waals surface area contributed by atoms with Crippen LogP contribution in [0.5, 0.6) is 0 Å². The molecule has 0 amide bonds. The number of nitrogens with two attached hydrogens (primary N) is 1. The van der Waals surface area contributed by atoms with E-state index in [2.05, 4.69) is 15.2 Å². The molecule has 1 aromatic carbocycles. The average Bonchev–Trinajstić information content (AvgIpc) is 2.63. The van der Waals surface area contributed by atoms with E-state index < -0.39 is 0 Å². The van der Waals surface area contributed by atoms with Crippen LogP contribution >= 0.6 is 0 Å². The third-order valence-corrected chi connectivity index (χ3v) is 5.61. The van der Waals surface area contributed by atoms with Gasteiger partial charge in [-0.3, -0.25) is 4.79 Å². The minimum absolute atomic E-state index is 0.156. The van der Waals surface area contributed by atoms with Crippen molar-refractivity contribution in [1.82, 2.24) is 9.97 Å². The van der Waals surface area contributed by atoms with Gasteiger partial charge in [0, 0.05) is 25.3 Å². The SMILES string of the molecule is N=Cc1c(NC2CCCCC2)nc(C2CN(c3ccccc3N)C2)[nH]c1=O. The fourth-order valence-corrected chi connectivity index (χ4v) is 4.00. The van der Waals surface area contributed by atoms with Crippen LogP contribution in [0.3, 0.4) is 0 Å². The Labute approximate surface area is 158 Å². The van der Waals surface area contributed by atoms with E-state index in [0.717, 1.165) is 43.5 Å². The van der Waals surface area contributed by atoms with Crippen LogP contribution in [0.1, 0.15) is 49.4 Å². The lowest BCUT2D eigenvalue weighted by molar-refractivity contribution is 0.460. The second kappa shape index (κ2) is 7.42. The highest BCUT2D eigenvalue weighted by atomic mass is 16.1. The Hall–Kier alpha value is -2.83. The molecule has 27 heavy (non-hydrogen) atoms. The Morgan fingerprint density at radius 3 is 2.67 bits per heavy atom. The lowest BCUT2D eigenvalue weighted by atomic mass is 9.95. The maximum Gasteiger partial charge on any atom is 0.261 e. The van der Waals surface area contributed by atoms with Crippen molar-refractivity contribution < 1.29 is 0 Å². The molecule has 7 nitrogen and oxygen atoms in total. The van der Waals surface area contributed by atoms with Gasteiger partial charge < -0.3 is 26.3 Å². The van der Waals surface area contributed by atoms with E-state index in [-0.39, 0.29) is 11.5 Å². The highest BCUT2D eigenvalue weighted by Crippen LogP contribution is 2.33. The van der Waals surface area contributed by atoms with Gasteiger partial charge in [-0.05, 0) is 25.0 Å². The fraction of sp³-hybridized carbons (Fsp3) is 0.450. The van der Waals surface area contributed by atoms with Crippen molar-refractivity contribution in [1.29, 1.82) is 5.41 Å². The second-order valence-corrected chi connectivity index (χ2v) is 7.50. The predicted octanol–water partition coefficient (Wildman–Crippen LogP) is 2.70. The molecule has 4 rings (SSSR count). The van der Waals surface area contributed by atoms with Gasteiger partial charge in [0.05, 0.1) is 22.9 Å². The molecule has 0 radical (unpaired) electrons. The Balaban J connectivity index is 1.53. The zero-order chi connectivity index (χ0) is 18.8. The van der Waals surface area contributed by atoms with Crippen LogP contribution in [0.25, 0.3) is 0 Å². The van der Waals surface area contributed by atoms with E-state index in [4.69, 9.17) is 16.1 Å². The Morgan fingerprint density at radius 2 is 1.96 bits per heavy atom. The van der Waals surface area contributed by atoms with E-state index in [0.29, 0.717) is 23.2 Å². The van der Waals surface area contributed by atoms with Gasteiger partial charge in [0.2, 0.25) is 0 Å². The van der Waals surface area contributed by atoms with E-state index in [1.54, 1.807) is 0 Å². The maximum atomic E-state index is 12.5. The monoisotopic (exact) mass is 366 g/mol. The number of nitrogens with one attached hydrogen (secondary N) is 3. The van der Waals surface area contributed by atoms with Gasteiger partial charge in [0.1, 0.15) is 11.6 Å². The molecule has 0 atom stereocenters. The van der Waals surface area contributed by atoms with E-state index >= 15 is 0 Å². The molecule has 2 fully saturated rings.